The van der Waals surface area contributed by atoms with Crippen molar-refractivity contribution >= 4 is 37.7 Å². The SMILES string of the molecule is Cc1ccc(NC(=O)N2CCN(S(=O)(=O)c3cccnc3)CC2)cc1Br. The maximum Gasteiger partial charge on any atom is 0.321 e. The van der Waals surface area contributed by atoms with Gasteiger partial charge < -0.3 is 10.2 Å². The number of urea groups is 1. The van der Waals surface area contributed by atoms with Crippen LogP contribution < -0.4 is 5.32 Å². The smallest absolute Gasteiger partial charge is 0.321 e. The monoisotopic (exact) mass is 438 g/mol. The molecule has 26 heavy (non-hydrogen) atoms. The number of amides is 2. The number of nitrogens with zero attached hydrogens (tertiary/aromatic N) is 3. The predicted molar refractivity (Wildman–Crippen MR) is 102 cm³/mol. The van der Waals surface area contributed by atoms with Crippen molar-refractivity contribution < 1.29 is 13.2 Å². The molecule has 0 spiro atoms. The largest absolute Gasteiger partial charge is 0.322 e. The third kappa shape index (κ3) is 4.05. The molecule has 1 aliphatic heterocycles. The highest BCUT2D eigenvalue weighted by molar-refractivity contribution is 9.10. The summed E-state index contributed by atoms with van der Waals surface area (Å²) in [5, 5.41) is 2.84. The van der Waals surface area contributed by atoms with E-state index in [2.05, 4.69) is 26.2 Å². The molecule has 1 fully saturated rings. The van der Waals surface area contributed by atoms with E-state index in [9.17, 15) is 13.2 Å². The fourth-order valence-corrected chi connectivity index (χ4v) is 4.42. The van der Waals surface area contributed by atoms with Gasteiger partial charge in [0.05, 0.1) is 0 Å². The molecule has 1 N–H and O–H groups in total. The summed E-state index contributed by atoms with van der Waals surface area (Å²) in [7, 11) is -3.57. The molecule has 0 atom stereocenters. The molecule has 138 valence electrons. The van der Waals surface area contributed by atoms with Gasteiger partial charge in [-0.3, -0.25) is 4.98 Å². The van der Waals surface area contributed by atoms with Crippen molar-refractivity contribution in [2.45, 2.75) is 11.8 Å². The lowest BCUT2D eigenvalue weighted by Gasteiger charge is -2.33. The summed E-state index contributed by atoms with van der Waals surface area (Å²) in [6.45, 7) is 3.14. The van der Waals surface area contributed by atoms with Crippen molar-refractivity contribution in [1.82, 2.24) is 14.2 Å². The summed E-state index contributed by atoms with van der Waals surface area (Å²) in [4.78, 5) is 18.1. The van der Waals surface area contributed by atoms with Crippen molar-refractivity contribution in [3.63, 3.8) is 0 Å². The zero-order valence-corrected chi connectivity index (χ0v) is 16.6. The van der Waals surface area contributed by atoms with Crippen LogP contribution in [0.4, 0.5) is 10.5 Å². The molecule has 0 saturated carbocycles. The topological polar surface area (TPSA) is 82.6 Å². The van der Waals surface area contributed by atoms with E-state index in [0.717, 1.165) is 10.0 Å². The molecule has 9 heteroatoms. The maximum absolute atomic E-state index is 12.6. The van der Waals surface area contributed by atoms with Gasteiger partial charge >= 0.3 is 6.03 Å². The van der Waals surface area contributed by atoms with E-state index in [-0.39, 0.29) is 24.0 Å². The Morgan fingerprint density at radius 1 is 1.19 bits per heavy atom. The van der Waals surface area contributed by atoms with Gasteiger partial charge in [0.25, 0.3) is 0 Å². The van der Waals surface area contributed by atoms with E-state index in [1.54, 1.807) is 11.0 Å². The molecule has 0 radical (unpaired) electrons. The van der Waals surface area contributed by atoms with Crippen LogP contribution in [0.5, 0.6) is 0 Å². The first-order chi connectivity index (χ1) is 12.4. The summed E-state index contributed by atoms with van der Waals surface area (Å²) < 4.78 is 27.5. The van der Waals surface area contributed by atoms with E-state index in [4.69, 9.17) is 0 Å². The molecule has 7 nitrogen and oxygen atoms in total. The number of aryl methyl sites for hydroxylation is 1. The van der Waals surface area contributed by atoms with Crippen LogP contribution in [0.2, 0.25) is 0 Å². The maximum atomic E-state index is 12.6. The second-order valence-electron chi connectivity index (χ2n) is 5.97. The van der Waals surface area contributed by atoms with Gasteiger partial charge in [-0.15, -0.1) is 0 Å². The fourth-order valence-electron chi connectivity index (χ4n) is 2.65. The molecule has 1 aromatic carbocycles. The van der Waals surface area contributed by atoms with E-state index in [0.29, 0.717) is 18.8 Å². The highest BCUT2D eigenvalue weighted by atomic mass is 79.9. The second-order valence-corrected chi connectivity index (χ2v) is 8.77. The molecular weight excluding hydrogens is 420 g/mol. The van der Waals surface area contributed by atoms with E-state index < -0.39 is 10.0 Å². The number of sulfonamides is 1. The Hall–Kier alpha value is -1.97. The first-order valence-corrected chi connectivity index (χ1v) is 10.3. The Morgan fingerprint density at radius 2 is 1.92 bits per heavy atom. The second kappa shape index (κ2) is 7.73. The number of halogens is 1. The lowest BCUT2D eigenvalue weighted by Crippen LogP contribution is -2.51. The third-order valence-electron chi connectivity index (χ3n) is 4.22. The first kappa shape index (κ1) is 18.8. The van der Waals surface area contributed by atoms with Crippen molar-refractivity contribution in [3.05, 3.63) is 52.8 Å². The van der Waals surface area contributed by atoms with Crippen molar-refractivity contribution in [2.75, 3.05) is 31.5 Å². The van der Waals surface area contributed by atoms with Crippen molar-refractivity contribution in [3.8, 4) is 0 Å². The van der Waals surface area contributed by atoms with Crippen LogP contribution in [0.25, 0.3) is 0 Å². The minimum absolute atomic E-state index is 0.169. The van der Waals surface area contributed by atoms with Crippen LogP contribution in [0.15, 0.2) is 52.1 Å². The molecule has 1 saturated heterocycles. The van der Waals surface area contributed by atoms with Gasteiger partial charge in [0, 0.05) is 48.7 Å². The predicted octanol–water partition coefficient (Wildman–Crippen LogP) is 2.69. The Bertz CT molecular complexity index is 897. The van der Waals surface area contributed by atoms with Gasteiger partial charge in [0.2, 0.25) is 10.0 Å². The van der Waals surface area contributed by atoms with Gasteiger partial charge in [-0.1, -0.05) is 22.0 Å². The number of hydrogen-bond acceptors (Lipinski definition) is 4. The lowest BCUT2D eigenvalue weighted by molar-refractivity contribution is 0.184. The molecule has 2 heterocycles. The lowest BCUT2D eigenvalue weighted by atomic mass is 10.2. The minimum atomic E-state index is -3.57. The molecule has 2 amide bonds. The quantitative estimate of drug-likeness (QED) is 0.798. The summed E-state index contributed by atoms with van der Waals surface area (Å²) in [6, 6.07) is 8.47. The van der Waals surface area contributed by atoms with E-state index in [1.165, 1.54) is 22.8 Å². The summed E-state index contributed by atoms with van der Waals surface area (Å²) in [5.41, 5.74) is 1.77. The van der Waals surface area contributed by atoms with E-state index >= 15 is 0 Å². The Morgan fingerprint density at radius 3 is 2.54 bits per heavy atom. The number of nitrogens with one attached hydrogen (secondary N) is 1. The number of aromatic nitrogens is 1. The average Bonchev–Trinajstić information content (AvgIpc) is 2.65. The van der Waals surface area contributed by atoms with Gasteiger partial charge in [-0.25, -0.2) is 13.2 Å². The van der Waals surface area contributed by atoms with Crippen LogP contribution in [-0.4, -0.2) is 54.8 Å². The Balaban J connectivity index is 1.61. The van der Waals surface area contributed by atoms with Crippen LogP contribution in [0.1, 0.15) is 5.56 Å². The zero-order valence-electron chi connectivity index (χ0n) is 14.2. The highest BCUT2D eigenvalue weighted by Gasteiger charge is 2.30. The summed E-state index contributed by atoms with van der Waals surface area (Å²) in [6.07, 6.45) is 2.87. The average molecular weight is 439 g/mol. The standard InChI is InChI=1S/C17H19BrN4O3S/c1-13-4-5-14(11-16(13)18)20-17(23)21-7-9-22(10-8-21)26(24,25)15-3-2-6-19-12-15/h2-6,11-12H,7-10H2,1H3,(H,20,23). The van der Waals surface area contributed by atoms with Gasteiger partial charge in [-0.2, -0.15) is 4.31 Å². The first-order valence-electron chi connectivity index (χ1n) is 8.10. The fraction of sp³-hybridized carbons (Fsp3) is 0.294. The van der Waals surface area contributed by atoms with Gasteiger partial charge in [-0.05, 0) is 36.8 Å². The molecule has 0 aliphatic carbocycles. The third-order valence-corrected chi connectivity index (χ3v) is 6.96. The van der Waals surface area contributed by atoms with Crippen molar-refractivity contribution in [1.29, 1.82) is 0 Å². The molecule has 1 aliphatic rings. The number of anilines is 1. The molecule has 1 aromatic heterocycles. The minimum Gasteiger partial charge on any atom is -0.322 e. The van der Waals surface area contributed by atoms with Crippen molar-refractivity contribution in [2.24, 2.45) is 0 Å². The number of carbonyl (C=O) groups is 1. The molecule has 3 rings (SSSR count). The number of carbonyl (C=O) groups excluding carboxylic acids is 1. The molecule has 0 unspecified atom stereocenters. The van der Waals surface area contributed by atoms with Crippen LogP contribution in [0, 0.1) is 6.92 Å². The van der Waals surface area contributed by atoms with Gasteiger partial charge in [0.15, 0.2) is 0 Å². The molecule has 2 aromatic rings. The zero-order chi connectivity index (χ0) is 18.7. The highest BCUT2D eigenvalue weighted by Crippen LogP contribution is 2.21. The number of benzene rings is 1. The van der Waals surface area contributed by atoms with Crippen LogP contribution in [-0.2, 0) is 10.0 Å². The molecule has 0 bridgehead atoms. The summed E-state index contributed by atoms with van der Waals surface area (Å²) >= 11 is 3.44. The van der Waals surface area contributed by atoms with E-state index in [1.807, 2.05) is 25.1 Å². The number of hydrogen-bond donors (Lipinski definition) is 1. The molecular formula is C17H19BrN4O3S. The Kier molecular flexibility index (Phi) is 5.59. The number of rotatable bonds is 3. The number of pyridine rings is 1. The number of piperazine rings is 1. The Labute approximate surface area is 161 Å². The normalized spacial score (nSPS) is 15.7. The van der Waals surface area contributed by atoms with Crippen LogP contribution >= 0.6 is 15.9 Å². The van der Waals surface area contributed by atoms with Crippen LogP contribution in [0.3, 0.4) is 0 Å². The summed E-state index contributed by atoms with van der Waals surface area (Å²) in [5.74, 6) is 0. The van der Waals surface area contributed by atoms with Gasteiger partial charge in [0.1, 0.15) is 4.90 Å².